The third kappa shape index (κ3) is 4.80. The van der Waals surface area contributed by atoms with Crippen molar-refractivity contribution < 1.29 is 0 Å². The number of hydrogen-bond donors (Lipinski definition) is 1. The predicted octanol–water partition coefficient (Wildman–Crippen LogP) is 3.97. The van der Waals surface area contributed by atoms with Gasteiger partial charge in [-0.3, -0.25) is 4.90 Å². The van der Waals surface area contributed by atoms with Crippen molar-refractivity contribution in [1.29, 1.82) is 0 Å². The summed E-state index contributed by atoms with van der Waals surface area (Å²) in [5, 5.41) is 1.54. The zero-order chi connectivity index (χ0) is 13.1. The van der Waals surface area contributed by atoms with Gasteiger partial charge in [0.25, 0.3) is 0 Å². The highest BCUT2D eigenvalue weighted by molar-refractivity contribution is 6.33. The van der Waals surface area contributed by atoms with Gasteiger partial charge in [-0.1, -0.05) is 23.2 Å². The van der Waals surface area contributed by atoms with Crippen LogP contribution in [0.25, 0.3) is 0 Å². The van der Waals surface area contributed by atoms with E-state index in [0.717, 1.165) is 35.2 Å². The normalized spacial score (nSPS) is 21.8. The highest BCUT2D eigenvalue weighted by Gasteiger charge is 2.23. The lowest BCUT2D eigenvalue weighted by Crippen LogP contribution is -2.41. The van der Waals surface area contributed by atoms with Crippen molar-refractivity contribution >= 4 is 35.6 Å². The van der Waals surface area contributed by atoms with Gasteiger partial charge < -0.3 is 5.73 Å². The molecule has 0 aliphatic carbocycles. The summed E-state index contributed by atoms with van der Waals surface area (Å²) in [6.45, 7) is 5.13. The third-order valence-corrected chi connectivity index (χ3v) is 4.29. The molecule has 0 saturated carbocycles. The monoisotopic (exact) mass is 322 g/mol. The highest BCUT2D eigenvalue weighted by atomic mass is 35.5. The summed E-state index contributed by atoms with van der Waals surface area (Å²) in [5.74, 6) is 0.594. The molecule has 1 aromatic rings. The average molecular weight is 324 g/mol. The Balaban J connectivity index is 0.00000180. The first-order valence-corrected chi connectivity index (χ1v) is 7.23. The second-order valence-electron chi connectivity index (χ2n) is 5.23. The SMILES string of the molecule is CC(N)C1CCCN(Cc2cc(Cl)ccc2Cl)C1.Cl. The molecule has 19 heavy (non-hydrogen) atoms. The van der Waals surface area contributed by atoms with E-state index in [4.69, 9.17) is 28.9 Å². The lowest BCUT2D eigenvalue weighted by atomic mass is 9.92. The molecule has 2 rings (SSSR count). The van der Waals surface area contributed by atoms with Crippen molar-refractivity contribution in [3.05, 3.63) is 33.8 Å². The molecule has 2 N–H and O–H groups in total. The molecule has 1 aliphatic heterocycles. The van der Waals surface area contributed by atoms with Crippen LogP contribution in [0.15, 0.2) is 18.2 Å². The molecule has 0 spiro atoms. The topological polar surface area (TPSA) is 29.3 Å². The van der Waals surface area contributed by atoms with Crippen molar-refractivity contribution in [2.45, 2.75) is 32.4 Å². The molecular formula is C14H21Cl3N2. The molecule has 1 aliphatic rings. The maximum absolute atomic E-state index is 6.20. The fourth-order valence-electron chi connectivity index (χ4n) is 2.57. The molecule has 108 valence electrons. The Morgan fingerprint density at radius 1 is 1.42 bits per heavy atom. The Morgan fingerprint density at radius 2 is 2.16 bits per heavy atom. The van der Waals surface area contributed by atoms with Crippen LogP contribution in [0.5, 0.6) is 0 Å². The van der Waals surface area contributed by atoms with Gasteiger partial charge in [0.05, 0.1) is 0 Å². The zero-order valence-electron chi connectivity index (χ0n) is 11.1. The molecule has 0 bridgehead atoms. The number of nitrogens with two attached hydrogens (primary N) is 1. The Morgan fingerprint density at radius 3 is 2.84 bits per heavy atom. The fourth-order valence-corrected chi connectivity index (χ4v) is 2.94. The van der Waals surface area contributed by atoms with Crippen molar-refractivity contribution in [2.24, 2.45) is 11.7 Å². The van der Waals surface area contributed by atoms with Gasteiger partial charge in [-0.05, 0) is 56.0 Å². The highest BCUT2D eigenvalue weighted by Crippen LogP contribution is 2.25. The molecule has 0 amide bonds. The van der Waals surface area contributed by atoms with Crippen molar-refractivity contribution in [3.63, 3.8) is 0 Å². The Bertz CT molecular complexity index is 410. The van der Waals surface area contributed by atoms with E-state index in [1.165, 1.54) is 12.8 Å². The van der Waals surface area contributed by atoms with E-state index in [0.29, 0.717) is 5.92 Å². The number of benzene rings is 1. The summed E-state index contributed by atoms with van der Waals surface area (Å²) < 4.78 is 0. The lowest BCUT2D eigenvalue weighted by molar-refractivity contribution is 0.154. The van der Waals surface area contributed by atoms with Gasteiger partial charge >= 0.3 is 0 Å². The molecule has 5 heteroatoms. The lowest BCUT2D eigenvalue weighted by Gasteiger charge is -2.34. The summed E-state index contributed by atoms with van der Waals surface area (Å²) in [5.41, 5.74) is 7.11. The largest absolute Gasteiger partial charge is 0.328 e. The summed E-state index contributed by atoms with van der Waals surface area (Å²) in [6.07, 6.45) is 2.45. The maximum atomic E-state index is 6.20. The molecular weight excluding hydrogens is 303 g/mol. The number of likely N-dealkylation sites (tertiary alicyclic amines) is 1. The van der Waals surface area contributed by atoms with Crippen molar-refractivity contribution in [2.75, 3.05) is 13.1 Å². The van der Waals surface area contributed by atoms with Gasteiger partial charge in [-0.2, -0.15) is 0 Å². The van der Waals surface area contributed by atoms with Crippen LogP contribution >= 0.6 is 35.6 Å². The minimum Gasteiger partial charge on any atom is -0.328 e. The van der Waals surface area contributed by atoms with Gasteiger partial charge in [0.15, 0.2) is 0 Å². The van der Waals surface area contributed by atoms with Gasteiger partial charge in [-0.15, -0.1) is 12.4 Å². The predicted molar refractivity (Wildman–Crippen MR) is 85.4 cm³/mol. The van der Waals surface area contributed by atoms with Gasteiger partial charge in [0, 0.05) is 29.2 Å². The zero-order valence-corrected chi connectivity index (χ0v) is 13.4. The van der Waals surface area contributed by atoms with Crippen LogP contribution in [0.4, 0.5) is 0 Å². The van der Waals surface area contributed by atoms with E-state index in [9.17, 15) is 0 Å². The first-order chi connectivity index (χ1) is 8.56. The van der Waals surface area contributed by atoms with Crippen LogP contribution in [-0.2, 0) is 6.54 Å². The smallest absolute Gasteiger partial charge is 0.0452 e. The van der Waals surface area contributed by atoms with Gasteiger partial charge in [0.2, 0.25) is 0 Å². The first kappa shape index (κ1) is 17.1. The van der Waals surface area contributed by atoms with Crippen LogP contribution < -0.4 is 5.73 Å². The van der Waals surface area contributed by atoms with Crippen molar-refractivity contribution in [3.8, 4) is 0 Å². The van der Waals surface area contributed by atoms with Crippen molar-refractivity contribution in [1.82, 2.24) is 4.90 Å². The van der Waals surface area contributed by atoms with E-state index >= 15 is 0 Å². The first-order valence-electron chi connectivity index (χ1n) is 6.48. The summed E-state index contributed by atoms with van der Waals surface area (Å²) in [7, 11) is 0. The molecule has 1 saturated heterocycles. The van der Waals surface area contributed by atoms with Crippen LogP contribution in [0.1, 0.15) is 25.3 Å². The summed E-state index contributed by atoms with van der Waals surface area (Å²) >= 11 is 12.2. The van der Waals surface area contributed by atoms with Crippen LogP contribution in [0, 0.1) is 5.92 Å². The number of halogens is 3. The minimum atomic E-state index is 0. The fraction of sp³-hybridized carbons (Fsp3) is 0.571. The van der Waals surface area contributed by atoms with Gasteiger partial charge in [0.1, 0.15) is 0 Å². The van der Waals surface area contributed by atoms with E-state index in [2.05, 4.69) is 11.8 Å². The number of nitrogens with zero attached hydrogens (tertiary/aromatic N) is 1. The molecule has 1 fully saturated rings. The maximum Gasteiger partial charge on any atom is 0.0452 e. The molecule has 2 nitrogen and oxygen atoms in total. The third-order valence-electron chi connectivity index (χ3n) is 3.69. The molecule has 0 aromatic heterocycles. The number of hydrogen-bond acceptors (Lipinski definition) is 2. The summed E-state index contributed by atoms with van der Waals surface area (Å²) in [4.78, 5) is 2.43. The Hall–Kier alpha value is 0.01000. The second kappa shape index (κ2) is 7.70. The van der Waals surface area contributed by atoms with Crippen LogP contribution in [0.3, 0.4) is 0 Å². The average Bonchev–Trinajstić information content (AvgIpc) is 2.34. The second-order valence-corrected chi connectivity index (χ2v) is 6.08. The molecule has 2 atom stereocenters. The van der Waals surface area contributed by atoms with E-state index < -0.39 is 0 Å². The van der Waals surface area contributed by atoms with E-state index in [-0.39, 0.29) is 18.4 Å². The van der Waals surface area contributed by atoms with E-state index in [1.54, 1.807) is 0 Å². The standard InChI is InChI=1S/C14H20Cl2N2.ClH/c1-10(17)11-3-2-6-18(8-11)9-12-7-13(15)4-5-14(12)16;/h4-5,7,10-11H,2-3,6,8-9,17H2,1H3;1H. The number of rotatable bonds is 3. The van der Waals surface area contributed by atoms with Gasteiger partial charge in [-0.25, -0.2) is 0 Å². The summed E-state index contributed by atoms with van der Waals surface area (Å²) in [6, 6.07) is 5.92. The van der Waals surface area contributed by atoms with Crippen LogP contribution in [0.2, 0.25) is 10.0 Å². The van der Waals surface area contributed by atoms with Crippen LogP contribution in [-0.4, -0.2) is 24.0 Å². The molecule has 1 heterocycles. The minimum absolute atomic E-state index is 0. The Labute approximate surface area is 131 Å². The molecule has 0 radical (unpaired) electrons. The quantitative estimate of drug-likeness (QED) is 0.912. The molecule has 2 unspecified atom stereocenters. The molecule has 1 aromatic carbocycles. The number of piperidine rings is 1. The van der Waals surface area contributed by atoms with E-state index in [1.807, 2.05) is 18.2 Å². The Kier molecular flexibility index (Phi) is 6.92.